The van der Waals surface area contributed by atoms with Crippen molar-refractivity contribution >= 4 is 33.5 Å². The van der Waals surface area contributed by atoms with Crippen LogP contribution < -0.4 is 5.32 Å². The molecule has 176 valence electrons. The molecule has 0 saturated heterocycles. The predicted octanol–water partition coefficient (Wildman–Crippen LogP) is 3.69. The maximum Gasteiger partial charge on any atom is 0.340 e. The first-order valence-corrected chi connectivity index (χ1v) is 13.0. The number of halogens is 1. The van der Waals surface area contributed by atoms with Gasteiger partial charge in [-0.3, -0.25) is 4.79 Å². The van der Waals surface area contributed by atoms with Gasteiger partial charge in [0.15, 0.2) is 6.61 Å². The number of benzene rings is 2. The molecule has 1 aliphatic heterocycles. The molecule has 0 atom stereocenters. The van der Waals surface area contributed by atoms with Gasteiger partial charge in [-0.05, 0) is 48.6 Å². The van der Waals surface area contributed by atoms with Gasteiger partial charge in [-0.15, -0.1) is 0 Å². The number of hydrogen-bond donors (Lipinski definition) is 1. The summed E-state index contributed by atoms with van der Waals surface area (Å²) in [5, 5.41) is 2.94. The van der Waals surface area contributed by atoms with E-state index in [9.17, 15) is 18.0 Å². The number of hydrogen-bond acceptors (Lipinski definition) is 5. The average molecular weight is 491 g/mol. The molecule has 0 aromatic heterocycles. The van der Waals surface area contributed by atoms with E-state index in [4.69, 9.17) is 16.3 Å². The number of carbonyl (C=O) groups is 2. The van der Waals surface area contributed by atoms with Crippen molar-refractivity contribution in [2.45, 2.75) is 56.0 Å². The molecule has 4 rings (SSSR count). The SMILES string of the molecule is O=C(COC(=O)c1cc(S(=O)(=O)N2CCc3ccccc3C2)ccc1Cl)NC1CCCCC1. The van der Waals surface area contributed by atoms with Crippen molar-refractivity contribution in [3.63, 3.8) is 0 Å². The predicted molar refractivity (Wildman–Crippen MR) is 124 cm³/mol. The zero-order valence-corrected chi connectivity index (χ0v) is 19.8. The lowest BCUT2D eigenvalue weighted by molar-refractivity contribution is -0.125. The summed E-state index contributed by atoms with van der Waals surface area (Å²) in [4.78, 5) is 24.7. The van der Waals surface area contributed by atoms with Crippen LogP contribution in [0.2, 0.25) is 5.02 Å². The molecule has 9 heteroatoms. The molecule has 0 radical (unpaired) electrons. The summed E-state index contributed by atoms with van der Waals surface area (Å²) < 4.78 is 33.0. The quantitative estimate of drug-likeness (QED) is 0.623. The Morgan fingerprint density at radius 1 is 1.06 bits per heavy atom. The minimum absolute atomic E-state index is 0.0371. The zero-order valence-electron chi connectivity index (χ0n) is 18.3. The van der Waals surface area contributed by atoms with Gasteiger partial charge < -0.3 is 10.1 Å². The lowest BCUT2D eigenvalue weighted by Crippen LogP contribution is -2.38. The van der Waals surface area contributed by atoms with Crippen molar-refractivity contribution in [3.05, 3.63) is 64.2 Å². The number of sulfonamides is 1. The van der Waals surface area contributed by atoms with E-state index in [0.717, 1.165) is 36.8 Å². The third-order valence-corrected chi connectivity index (χ3v) is 8.37. The standard InChI is InChI=1S/C24H27ClN2O5S/c25-22-11-10-20(33(30,31)27-13-12-17-6-4-5-7-18(17)15-27)14-21(22)24(29)32-16-23(28)26-19-8-2-1-3-9-19/h4-7,10-11,14,19H,1-3,8-9,12-13,15-16H2,(H,26,28). The minimum Gasteiger partial charge on any atom is -0.452 e. The maximum atomic E-state index is 13.2. The average Bonchev–Trinajstić information content (AvgIpc) is 2.83. The van der Waals surface area contributed by atoms with E-state index in [1.807, 2.05) is 24.3 Å². The Kier molecular flexibility index (Phi) is 7.36. The van der Waals surface area contributed by atoms with Gasteiger partial charge in [-0.2, -0.15) is 4.31 Å². The first kappa shape index (κ1) is 23.7. The van der Waals surface area contributed by atoms with Crippen molar-refractivity contribution in [1.82, 2.24) is 9.62 Å². The molecule has 2 aromatic rings. The van der Waals surface area contributed by atoms with E-state index in [-0.39, 0.29) is 34.0 Å². The van der Waals surface area contributed by atoms with E-state index in [2.05, 4.69) is 5.32 Å². The fourth-order valence-corrected chi connectivity index (χ4v) is 6.01. The van der Waals surface area contributed by atoms with E-state index in [1.54, 1.807) is 0 Å². The number of ether oxygens (including phenoxy) is 1. The van der Waals surface area contributed by atoms with Crippen molar-refractivity contribution in [2.24, 2.45) is 0 Å². The molecule has 0 bridgehead atoms. The van der Waals surface area contributed by atoms with Gasteiger partial charge in [-0.25, -0.2) is 13.2 Å². The number of carbonyl (C=O) groups excluding carboxylic acids is 2. The highest BCUT2D eigenvalue weighted by Gasteiger charge is 2.29. The van der Waals surface area contributed by atoms with Gasteiger partial charge in [0.05, 0.1) is 15.5 Å². The van der Waals surface area contributed by atoms with Gasteiger partial charge in [0.1, 0.15) is 0 Å². The largest absolute Gasteiger partial charge is 0.452 e. The highest BCUT2D eigenvalue weighted by atomic mass is 35.5. The second kappa shape index (κ2) is 10.2. The number of rotatable bonds is 6. The molecular formula is C24H27ClN2O5S. The van der Waals surface area contributed by atoms with Gasteiger partial charge in [0.2, 0.25) is 10.0 Å². The molecule has 1 N–H and O–H groups in total. The highest BCUT2D eigenvalue weighted by molar-refractivity contribution is 7.89. The van der Waals surface area contributed by atoms with Crippen molar-refractivity contribution in [3.8, 4) is 0 Å². The smallest absolute Gasteiger partial charge is 0.340 e. The fraction of sp³-hybridized carbons (Fsp3) is 0.417. The zero-order chi connectivity index (χ0) is 23.4. The molecule has 1 fully saturated rings. The van der Waals surface area contributed by atoms with Crippen LogP contribution in [0.3, 0.4) is 0 Å². The number of nitrogens with one attached hydrogen (secondary N) is 1. The van der Waals surface area contributed by atoms with Crippen LogP contribution in [0.25, 0.3) is 0 Å². The normalized spacial score (nSPS) is 17.2. The summed E-state index contributed by atoms with van der Waals surface area (Å²) in [6, 6.07) is 11.8. The van der Waals surface area contributed by atoms with Gasteiger partial charge in [0, 0.05) is 19.1 Å². The number of fused-ring (bicyclic) bond motifs is 1. The second-order valence-corrected chi connectivity index (χ2v) is 10.8. The van der Waals surface area contributed by atoms with Crippen molar-refractivity contribution in [1.29, 1.82) is 0 Å². The van der Waals surface area contributed by atoms with E-state index >= 15 is 0 Å². The molecule has 2 aliphatic rings. The van der Waals surface area contributed by atoms with Crippen LogP contribution in [0, 0.1) is 0 Å². The lowest BCUT2D eigenvalue weighted by Gasteiger charge is -2.28. The van der Waals surface area contributed by atoms with Crippen LogP contribution in [0.5, 0.6) is 0 Å². The van der Waals surface area contributed by atoms with E-state index in [0.29, 0.717) is 13.0 Å². The Morgan fingerprint density at radius 2 is 1.79 bits per heavy atom. The summed E-state index contributed by atoms with van der Waals surface area (Å²) in [5.74, 6) is -1.21. The van der Waals surface area contributed by atoms with Crippen LogP contribution in [0.15, 0.2) is 47.4 Å². The third-order valence-electron chi connectivity index (χ3n) is 6.20. The summed E-state index contributed by atoms with van der Waals surface area (Å²) in [5.41, 5.74) is 2.02. The Labute approximate surface area is 199 Å². The summed E-state index contributed by atoms with van der Waals surface area (Å²) in [6.45, 7) is 0.177. The highest BCUT2D eigenvalue weighted by Crippen LogP contribution is 2.28. The molecule has 0 unspecified atom stereocenters. The van der Waals surface area contributed by atoms with E-state index < -0.39 is 22.6 Å². The molecule has 2 aromatic carbocycles. The number of esters is 1. The third kappa shape index (κ3) is 5.57. The van der Waals surface area contributed by atoms with Gasteiger partial charge >= 0.3 is 5.97 Å². The second-order valence-electron chi connectivity index (χ2n) is 8.48. The first-order valence-electron chi connectivity index (χ1n) is 11.2. The van der Waals surface area contributed by atoms with Crippen LogP contribution in [-0.4, -0.2) is 43.8 Å². The summed E-state index contributed by atoms with van der Waals surface area (Å²) in [6.07, 6.45) is 5.78. The fourth-order valence-electron chi connectivity index (χ4n) is 4.37. The lowest BCUT2D eigenvalue weighted by atomic mass is 9.95. The first-order chi connectivity index (χ1) is 15.8. The summed E-state index contributed by atoms with van der Waals surface area (Å²) >= 11 is 6.16. The van der Waals surface area contributed by atoms with Crippen LogP contribution in [0.1, 0.15) is 53.6 Å². The molecule has 7 nitrogen and oxygen atoms in total. The molecule has 0 spiro atoms. The Hall–Kier alpha value is -2.42. The van der Waals surface area contributed by atoms with Crippen LogP contribution >= 0.6 is 11.6 Å². The topological polar surface area (TPSA) is 92.8 Å². The molecule has 1 aliphatic carbocycles. The molecule has 1 amide bonds. The van der Waals surface area contributed by atoms with Crippen LogP contribution in [0.4, 0.5) is 0 Å². The molecule has 1 saturated carbocycles. The van der Waals surface area contributed by atoms with E-state index in [1.165, 1.54) is 28.9 Å². The Bertz CT molecular complexity index is 1150. The van der Waals surface area contributed by atoms with Crippen molar-refractivity contribution in [2.75, 3.05) is 13.2 Å². The Balaban J connectivity index is 1.43. The van der Waals surface area contributed by atoms with Gasteiger partial charge in [0.25, 0.3) is 5.91 Å². The van der Waals surface area contributed by atoms with Gasteiger partial charge in [-0.1, -0.05) is 55.1 Å². The minimum atomic E-state index is -3.84. The number of nitrogens with zero attached hydrogens (tertiary/aromatic N) is 1. The maximum absolute atomic E-state index is 13.2. The summed E-state index contributed by atoms with van der Waals surface area (Å²) in [7, 11) is -3.84. The van der Waals surface area contributed by atoms with Crippen LogP contribution in [-0.2, 0) is 32.5 Å². The molecule has 1 heterocycles. The molecule has 33 heavy (non-hydrogen) atoms. The van der Waals surface area contributed by atoms with Crippen molar-refractivity contribution < 1.29 is 22.7 Å². The Morgan fingerprint density at radius 3 is 2.55 bits per heavy atom. The monoisotopic (exact) mass is 490 g/mol. The number of amides is 1. The molecular weight excluding hydrogens is 464 g/mol.